The molecule has 0 aliphatic heterocycles. The zero-order chi connectivity index (χ0) is 15.5. The van der Waals surface area contributed by atoms with E-state index in [1.807, 2.05) is 12.1 Å². The molecule has 0 aromatic heterocycles. The van der Waals surface area contributed by atoms with Gasteiger partial charge in [-0.3, -0.25) is 4.79 Å². The largest absolute Gasteiger partial charge is 0.424 e. The Bertz CT molecular complexity index is 583. The fourth-order valence-corrected chi connectivity index (χ4v) is 7.61. The lowest BCUT2D eigenvalue weighted by Crippen LogP contribution is -2.51. The van der Waals surface area contributed by atoms with E-state index in [9.17, 15) is 4.79 Å². The highest BCUT2D eigenvalue weighted by molar-refractivity contribution is 9.11. The second kappa shape index (κ2) is 5.59. The fraction of sp³-hybridized carbons (Fsp3) is 0.588. The van der Waals surface area contributed by atoms with E-state index >= 15 is 0 Å². The van der Waals surface area contributed by atoms with Gasteiger partial charge in [0.1, 0.15) is 0 Å². The van der Waals surface area contributed by atoms with Crippen LogP contribution >= 0.6 is 47.8 Å². The highest BCUT2D eigenvalue weighted by Gasteiger charge is 2.55. The molecule has 0 N–H and O–H groups in total. The molecule has 5 rings (SSSR count). The van der Waals surface area contributed by atoms with Gasteiger partial charge in [-0.1, -0.05) is 15.9 Å². The van der Waals surface area contributed by atoms with Gasteiger partial charge in [0.2, 0.25) is 0 Å². The molecule has 22 heavy (non-hydrogen) atoms. The average Bonchev–Trinajstić information content (AvgIpc) is 2.41. The fourth-order valence-electron chi connectivity index (χ4n) is 5.19. The summed E-state index contributed by atoms with van der Waals surface area (Å²) in [6, 6.07) is 3.82. The molecule has 1 aromatic rings. The molecule has 4 aliphatic carbocycles. The van der Waals surface area contributed by atoms with Crippen LogP contribution in [0, 0.1) is 23.2 Å². The molecule has 0 unspecified atom stereocenters. The normalized spacial score (nSPS) is 35.7. The van der Waals surface area contributed by atoms with Crippen molar-refractivity contribution in [2.45, 2.75) is 38.5 Å². The first-order valence-electron chi connectivity index (χ1n) is 7.82. The minimum atomic E-state index is -0.222. The quantitative estimate of drug-likeness (QED) is 0.368. The van der Waals surface area contributed by atoms with Crippen LogP contribution in [0.15, 0.2) is 25.6 Å². The maximum atomic E-state index is 13.0. The third-order valence-electron chi connectivity index (χ3n) is 5.63. The van der Waals surface area contributed by atoms with E-state index in [1.54, 1.807) is 0 Å². The van der Waals surface area contributed by atoms with Crippen molar-refractivity contribution >= 4 is 53.8 Å². The van der Waals surface area contributed by atoms with Gasteiger partial charge in [-0.05, 0) is 100 Å². The van der Waals surface area contributed by atoms with Crippen LogP contribution in [0.4, 0.5) is 0 Å². The maximum absolute atomic E-state index is 13.0. The summed E-state index contributed by atoms with van der Waals surface area (Å²) in [6.45, 7) is 0. The van der Waals surface area contributed by atoms with E-state index < -0.39 is 0 Å². The molecule has 2 nitrogen and oxygen atoms in total. The number of rotatable bonds is 2. The Hall–Kier alpha value is 0.130. The number of benzene rings is 1. The lowest BCUT2D eigenvalue weighted by atomic mass is 9.49. The number of hydrogen-bond donors (Lipinski definition) is 0. The molecule has 4 saturated carbocycles. The molecule has 0 heterocycles. The van der Waals surface area contributed by atoms with Gasteiger partial charge in [0.05, 0.1) is 14.4 Å². The van der Waals surface area contributed by atoms with Crippen LogP contribution in [0.5, 0.6) is 5.75 Å². The van der Waals surface area contributed by atoms with E-state index in [1.165, 1.54) is 19.3 Å². The molecule has 5 heteroatoms. The van der Waals surface area contributed by atoms with Gasteiger partial charge in [-0.15, -0.1) is 0 Å². The Morgan fingerprint density at radius 2 is 1.41 bits per heavy atom. The Balaban J connectivity index is 1.60. The molecule has 4 bridgehead atoms. The van der Waals surface area contributed by atoms with Crippen molar-refractivity contribution in [1.82, 2.24) is 0 Å². The van der Waals surface area contributed by atoms with Crippen molar-refractivity contribution in [1.29, 1.82) is 0 Å². The lowest BCUT2D eigenvalue weighted by molar-refractivity contribution is -0.161. The first-order chi connectivity index (χ1) is 10.4. The number of carbonyl (C=O) groups is 1. The van der Waals surface area contributed by atoms with Crippen LogP contribution in [0.2, 0.25) is 0 Å². The minimum absolute atomic E-state index is 0.0182. The number of carbonyl (C=O) groups excluding carboxylic acids is 1. The molecule has 0 saturated heterocycles. The topological polar surface area (TPSA) is 26.3 Å². The maximum Gasteiger partial charge on any atom is 0.317 e. The third kappa shape index (κ3) is 2.61. The van der Waals surface area contributed by atoms with Crippen LogP contribution < -0.4 is 4.74 Å². The van der Waals surface area contributed by atoms with Crippen LogP contribution in [0.3, 0.4) is 0 Å². The molecule has 0 amide bonds. The zero-order valence-electron chi connectivity index (χ0n) is 12.1. The number of hydrogen-bond acceptors (Lipinski definition) is 2. The first kappa shape index (κ1) is 15.6. The summed E-state index contributed by atoms with van der Waals surface area (Å²) in [5.74, 6) is 2.82. The summed E-state index contributed by atoms with van der Waals surface area (Å²) < 4.78 is 8.40. The smallest absolute Gasteiger partial charge is 0.317 e. The third-order valence-corrected chi connectivity index (χ3v) is 7.26. The Labute approximate surface area is 155 Å². The Morgan fingerprint density at radius 1 is 0.955 bits per heavy atom. The highest BCUT2D eigenvalue weighted by atomic mass is 79.9. The van der Waals surface area contributed by atoms with Crippen LogP contribution in [0.25, 0.3) is 0 Å². The Morgan fingerprint density at radius 3 is 1.86 bits per heavy atom. The molecular weight excluding hydrogens is 476 g/mol. The van der Waals surface area contributed by atoms with Crippen molar-refractivity contribution in [2.24, 2.45) is 23.2 Å². The average molecular weight is 493 g/mol. The lowest BCUT2D eigenvalue weighted by Gasteiger charge is -2.55. The number of ether oxygens (including phenoxy) is 1. The molecular formula is C17H17Br3O2. The summed E-state index contributed by atoms with van der Waals surface area (Å²) >= 11 is 10.4. The van der Waals surface area contributed by atoms with E-state index in [0.717, 1.165) is 50.4 Å². The van der Waals surface area contributed by atoms with Gasteiger partial charge in [0, 0.05) is 4.47 Å². The van der Waals surface area contributed by atoms with E-state index in [-0.39, 0.29) is 11.4 Å². The second-order valence-corrected chi connectivity index (χ2v) is 9.91. The van der Waals surface area contributed by atoms with Crippen LogP contribution in [-0.2, 0) is 4.79 Å². The minimum Gasteiger partial charge on any atom is -0.424 e. The summed E-state index contributed by atoms with van der Waals surface area (Å²) in [5.41, 5.74) is -0.222. The second-order valence-electron chi connectivity index (χ2n) is 7.29. The van der Waals surface area contributed by atoms with Crippen molar-refractivity contribution in [3.05, 3.63) is 25.6 Å². The predicted molar refractivity (Wildman–Crippen MR) is 95.8 cm³/mol. The summed E-state index contributed by atoms with van der Waals surface area (Å²) in [5, 5.41) is 0. The molecule has 118 valence electrons. The van der Waals surface area contributed by atoms with Gasteiger partial charge in [0.25, 0.3) is 0 Å². The summed E-state index contributed by atoms with van der Waals surface area (Å²) in [4.78, 5) is 13.0. The van der Waals surface area contributed by atoms with Crippen molar-refractivity contribution in [2.75, 3.05) is 0 Å². The molecule has 1 aromatic carbocycles. The van der Waals surface area contributed by atoms with Gasteiger partial charge in [0.15, 0.2) is 5.75 Å². The molecule has 0 atom stereocenters. The van der Waals surface area contributed by atoms with Gasteiger partial charge >= 0.3 is 5.97 Å². The van der Waals surface area contributed by atoms with Crippen LogP contribution in [-0.4, -0.2) is 5.97 Å². The van der Waals surface area contributed by atoms with Crippen LogP contribution in [0.1, 0.15) is 38.5 Å². The molecule has 4 aliphatic rings. The molecule has 4 fully saturated rings. The van der Waals surface area contributed by atoms with Gasteiger partial charge in [-0.25, -0.2) is 0 Å². The predicted octanol–water partition coefficient (Wildman–Crippen LogP) is 6.10. The van der Waals surface area contributed by atoms with E-state index in [4.69, 9.17) is 4.74 Å². The standard InChI is InChI=1S/C17H17Br3O2/c18-12-4-13(19)15(14(20)5-12)22-16(21)17-6-9-1-10(7-17)3-11(2-9)8-17/h4-5,9-11H,1-3,6-8H2. The molecule has 0 spiro atoms. The highest BCUT2D eigenvalue weighted by Crippen LogP contribution is 2.60. The first-order valence-corrected chi connectivity index (χ1v) is 10.2. The molecule has 0 radical (unpaired) electrons. The van der Waals surface area contributed by atoms with Crippen molar-refractivity contribution in [3.63, 3.8) is 0 Å². The number of esters is 1. The summed E-state index contributed by atoms with van der Waals surface area (Å²) in [7, 11) is 0. The number of halogens is 3. The Kier molecular flexibility index (Phi) is 3.98. The monoisotopic (exact) mass is 490 g/mol. The van der Waals surface area contributed by atoms with E-state index in [2.05, 4.69) is 47.8 Å². The zero-order valence-corrected chi connectivity index (χ0v) is 16.8. The van der Waals surface area contributed by atoms with Gasteiger partial charge < -0.3 is 4.74 Å². The van der Waals surface area contributed by atoms with Crippen molar-refractivity contribution in [3.8, 4) is 5.75 Å². The van der Waals surface area contributed by atoms with Gasteiger partial charge in [-0.2, -0.15) is 0 Å². The van der Waals surface area contributed by atoms with Crippen molar-refractivity contribution < 1.29 is 9.53 Å². The SMILES string of the molecule is O=C(Oc1c(Br)cc(Br)cc1Br)C12CC3CC(CC(C3)C1)C2. The van der Waals surface area contributed by atoms with E-state index in [0.29, 0.717) is 5.75 Å². The summed E-state index contributed by atoms with van der Waals surface area (Å²) in [6.07, 6.45) is 7.09.